The van der Waals surface area contributed by atoms with Gasteiger partial charge in [0.05, 0.1) is 6.42 Å². The normalized spacial score (nSPS) is 31.1. The van der Waals surface area contributed by atoms with Crippen LogP contribution in [-0.2, 0) is 0 Å². The molecule has 10 heavy (non-hydrogen) atoms. The lowest BCUT2D eigenvalue weighted by Gasteiger charge is -2.11. The molecule has 1 nitrogen and oxygen atoms in total. The van der Waals surface area contributed by atoms with Gasteiger partial charge in [-0.15, -0.1) is 0 Å². The molecule has 0 aliphatic heterocycles. The van der Waals surface area contributed by atoms with Gasteiger partial charge in [-0.1, -0.05) is 17.7 Å². The summed E-state index contributed by atoms with van der Waals surface area (Å²) in [5, 5.41) is 0. The fraction of sp³-hybridized carbons (Fsp3) is 0.375. The number of nitrogens with zero attached hydrogens (tertiary/aromatic N) is 1. The Morgan fingerprint density at radius 2 is 2.50 bits per heavy atom. The van der Waals surface area contributed by atoms with Crippen LogP contribution in [0.1, 0.15) is 13.3 Å². The zero-order valence-corrected chi connectivity index (χ0v) is 6.52. The fourth-order valence-electron chi connectivity index (χ4n) is 0.782. The number of hydrogen-bond acceptors (Lipinski definition) is 0. The van der Waals surface area contributed by atoms with Crippen LogP contribution in [0.2, 0.25) is 0 Å². The van der Waals surface area contributed by atoms with E-state index in [1.165, 1.54) is 5.57 Å². The van der Waals surface area contributed by atoms with Crippen molar-refractivity contribution in [1.82, 2.24) is 0 Å². The molecule has 1 aliphatic carbocycles. The lowest BCUT2D eigenvalue weighted by molar-refractivity contribution is 0.852. The molecule has 0 radical (unpaired) electrons. The van der Waals surface area contributed by atoms with Crippen molar-refractivity contribution in [1.29, 1.82) is 0 Å². The third-order valence-corrected chi connectivity index (χ3v) is 1.86. The van der Waals surface area contributed by atoms with Crippen molar-refractivity contribution in [2.75, 3.05) is 0 Å². The molecule has 2 heteroatoms. The molecular formula is C8H8ClN. The van der Waals surface area contributed by atoms with Crippen molar-refractivity contribution in [2.45, 2.75) is 18.3 Å². The average Bonchev–Trinajstić information content (AvgIpc) is 1.96. The molecule has 0 heterocycles. The van der Waals surface area contributed by atoms with Crippen LogP contribution in [0.3, 0.4) is 0 Å². The molecule has 0 spiro atoms. The Kier molecular flexibility index (Phi) is 1.82. The van der Waals surface area contributed by atoms with Gasteiger partial charge in [0.25, 0.3) is 0 Å². The van der Waals surface area contributed by atoms with Gasteiger partial charge in [0, 0.05) is 6.08 Å². The molecule has 1 rings (SSSR count). The predicted octanol–water partition coefficient (Wildman–Crippen LogP) is 2.75. The van der Waals surface area contributed by atoms with Crippen molar-refractivity contribution in [3.05, 3.63) is 35.2 Å². The summed E-state index contributed by atoms with van der Waals surface area (Å²) in [4.78, 5) is 2.51. The lowest BCUT2D eigenvalue weighted by Crippen LogP contribution is -2.13. The van der Waals surface area contributed by atoms with Gasteiger partial charge in [0.2, 0.25) is 0 Å². The molecule has 0 aromatic rings. The molecular weight excluding hydrogens is 146 g/mol. The van der Waals surface area contributed by atoms with Crippen LogP contribution in [0.15, 0.2) is 23.8 Å². The van der Waals surface area contributed by atoms with Gasteiger partial charge in [-0.05, 0) is 18.5 Å². The van der Waals surface area contributed by atoms with Gasteiger partial charge in [-0.25, -0.2) is 6.57 Å². The van der Waals surface area contributed by atoms with Crippen molar-refractivity contribution in [3.63, 3.8) is 0 Å². The maximum absolute atomic E-state index is 6.77. The maximum atomic E-state index is 6.77. The van der Waals surface area contributed by atoms with Gasteiger partial charge < -0.3 is 0 Å². The Labute approximate surface area is 65.8 Å². The van der Waals surface area contributed by atoms with E-state index in [1.807, 2.05) is 19.1 Å². The maximum Gasteiger partial charge on any atom is 0.328 e. The van der Waals surface area contributed by atoms with E-state index in [1.54, 1.807) is 6.08 Å². The largest absolute Gasteiger partial charge is 0.328 e. The SMILES string of the molecule is [C-]#[N+]C1(Cl)C=CC(C)=CC1. The van der Waals surface area contributed by atoms with E-state index in [0.29, 0.717) is 6.42 Å². The molecule has 0 N–H and O–H groups in total. The standard InChI is InChI=1S/C8H8ClN/c1-7-3-5-8(9,10-2)6-4-7/h3-5H,6H2,1H3. The first-order valence-electron chi connectivity index (χ1n) is 3.10. The Balaban J connectivity index is 2.80. The second-order valence-electron chi connectivity index (χ2n) is 2.42. The zero-order valence-electron chi connectivity index (χ0n) is 5.76. The third kappa shape index (κ3) is 1.40. The first kappa shape index (κ1) is 7.37. The van der Waals surface area contributed by atoms with Gasteiger partial charge in [0.15, 0.2) is 0 Å². The van der Waals surface area contributed by atoms with Crippen molar-refractivity contribution >= 4 is 11.6 Å². The molecule has 52 valence electrons. The van der Waals surface area contributed by atoms with Gasteiger partial charge in [-0.2, -0.15) is 0 Å². The van der Waals surface area contributed by atoms with Crippen LogP contribution in [0.4, 0.5) is 0 Å². The molecule has 0 bridgehead atoms. The minimum absolute atomic E-state index is 0.625. The summed E-state index contributed by atoms with van der Waals surface area (Å²) in [6, 6.07) is 0. The average molecular weight is 154 g/mol. The number of alkyl halides is 1. The number of halogens is 1. The van der Waals surface area contributed by atoms with E-state index in [2.05, 4.69) is 4.85 Å². The quantitative estimate of drug-likeness (QED) is 0.286. The highest BCUT2D eigenvalue weighted by Crippen LogP contribution is 2.28. The first-order chi connectivity index (χ1) is 4.66. The van der Waals surface area contributed by atoms with Crippen molar-refractivity contribution in [3.8, 4) is 0 Å². The lowest BCUT2D eigenvalue weighted by atomic mass is 10.0. The summed E-state index contributed by atoms with van der Waals surface area (Å²) < 4.78 is 0. The van der Waals surface area contributed by atoms with Crippen LogP contribution in [0.25, 0.3) is 4.85 Å². The van der Waals surface area contributed by atoms with Crippen LogP contribution < -0.4 is 0 Å². The van der Waals surface area contributed by atoms with E-state index >= 15 is 0 Å². The van der Waals surface area contributed by atoms with Gasteiger partial charge in [-0.3, -0.25) is 4.85 Å². The second-order valence-corrected chi connectivity index (χ2v) is 3.07. The molecule has 0 aromatic heterocycles. The van der Waals surface area contributed by atoms with E-state index in [4.69, 9.17) is 18.2 Å². The minimum atomic E-state index is -0.792. The predicted molar refractivity (Wildman–Crippen MR) is 42.7 cm³/mol. The summed E-state index contributed by atoms with van der Waals surface area (Å²) in [7, 11) is 0. The Morgan fingerprint density at radius 3 is 2.90 bits per heavy atom. The highest BCUT2D eigenvalue weighted by molar-refractivity contribution is 6.26. The zero-order chi connectivity index (χ0) is 7.61. The van der Waals surface area contributed by atoms with Gasteiger partial charge >= 0.3 is 5.00 Å². The van der Waals surface area contributed by atoms with Crippen LogP contribution >= 0.6 is 11.6 Å². The molecule has 0 saturated carbocycles. The topological polar surface area (TPSA) is 4.36 Å². The highest BCUT2D eigenvalue weighted by Gasteiger charge is 2.29. The van der Waals surface area contributed by atoms with Crippen molar-refractivity contribution in [2.24, 2.45) is 0 Å². The molecule has 1 atom stereocenters. The van der Waals surface area contributed by atoms with Crippen LogP contribution in [0, 0.1) is 6.57 Å². The molecule has 0 saturated heterocycles. The second kappa shape index (κ2) is 2.48. The Bertz CT molecular complexity index is 234. The molecule has 1 unspecified atom stereocenters. The third-order valence-electron chi connectivity index (χ3n) is 1.50. The Morgan fingerprint density at radius 1 is 1.80 bits per heavy atom. The summed E-state index contributed by atoms with van der Waals surface area (Å²) in [6.45, 7) is 8.77. The summed E-state index contributed by atoms with van der Waals surface area (Å²) in [5.41, 5.74) is 1.18. The monoisotopic (exact) mass is 153 g/mol. The highest BCUT2D eigenvalue weighted by atomic mass is 35.5. The molecule has 0 aromatic carbocycles. The smallest absolute Gasteiger partial charge is 0.288 e. The summed E-state index contributed by atoms with van der Waals surface area (Å²) in [6.07, 6.45) is 6.23. The first-order valence-corrected chi connectivity index (χ1v) is 3.48. The van der Waals surface area contributed by atoms with Crippen LogP contribution in [-0.4, -0.2) is 5.00 Å². The van der Waals surface area contributed by atoms with Crippen molar-refractivity contribution < 1.29 is 0 Å². The van der Waals surface area contributed by atoms with E-state index in [0.717, 1.165) is 0 Å². The summed E-state index contributed by atoms with van der Waals surface area (Å²) in [5.74, 6) is 0. The van der Waals surface area contributed by atoms with E-state index < -0.39 is 5.00 Å². The van der Waals surface area contributed by atoms with E-state index in [-0.39, 0.29) is 0 Å². The molecule has 0 fully saturated rings. The fourth-order valence-corrected chi connectivity index (χ4v) is 0.922. The number of allylic oxidation sites excluding steroid dienone is 2. The molecule has 0 amide bonds. The minimum Gasteiger partial charge on any atom is -0.288 e. The number of hydrogen-bond donors (Lipinski definition) is 0. The Hall–Kier alpha value is -0.740. The van der Waals surface area contributed by atoms with E-state index in [9.17, 15) is 0 Å². The summed E-state index contributed by atoms with van der Waals surface area (Å²) >= 11 is 5.84. The molecule has 1 aliphatic rings. The number of rotatable bonds is 0. The van der Waals surface area contributed by atoms with Crippen LogP contribution in [0.5, 0.6) is 0 Å². The van der Waals surface area contributed by atoms with Gasteiger partial charge in [0.1, 0.15) is 0 Å².